The summed E-state index contributed by atoms with van der Waals surface area (Å²) >= 11 is 0. The summed E-state index contributed by atoms with van der Waals surface area (Å²) in [7, 11) is 0. The Hall–Kier alpha value is -1.92. The van der Waals surface area contributed by atoms with Crippen molar-refractivity contribution < 1.29 is 19.4 Å². The van der Waals surface area contributed by atoms with Crippen LogP contribution in [0.2, 0.25) is 0 Å². The van der Waals surface area contributed by atoms with Gasteiger partial charge in [-0.3, -0.25) is 9.59 Å². The first-order chi connectivity index (χ1) is 9.00. The van der Waals surface area contributed by atoms with Gasteiger partial charge in [-0.05, 0) is 18.4 Å². The number of carboxylic acids is 1. The molecule has 19 heavy (non-hydrogen) atoms. The molecule has 2 atom stereocenters. The molecule has 0 radical (unpaired) electrons. The third-order valence-corrected chi connectivity index (χ3v) is 2.61. The van der Waals surface area contributed by atoms with Crippen molar-refractivity contribution in [2.75, 3.05) is 6.61 Å². The van der Waals surface area contributed by atoms with Crippen LogP contribution in [0.5, 0.6) is 0 Å². The second-order valence-electron chi connectivity index (χ2n) is 4.21. The van der Waals surface area contributed by atoms with Gasteiger partial charge in [0.2, 0.25) is 0 Å². The van der Waals surface area contributed by atoms with E-state index in [2.05, 4.69) is 0 Å². The fourth-order valence-electron chi connectivity index (χ4n) is 1.43. The molecule has 6 nitrogen and oxygen atoms in total. The lowest BCUT2D eigenvalue weighted by Crippen LogP contribution is -2.39. The average molecular weight is 266 g/mol. The van der Waals surface area contributed by atoms with Crippen LogP contribution in [0.15, 0.2) is 30.3 Å². The lowest BCUT2D eigenvalue weighted by molar-refractivity contribution is -0.149. The number of benzene rings is 1. The van der Waals surface area contributed by atoms with Crippen molar-refractivity contribution in [3.63, 3.8) is 0 Å². The first-order valence-corrected chi connectivity index (χ1v) is 5.95. The molecule has 0 saturated heterocycles. The van der Waals surface area contributed by atoms with Gasteiger partial charge in [0, 0.05) is 0 Å². The van der Waals surface area contributed by atoms with Gasteiger partial charge >= 0.3 is 11.9 Å². The summed E-state index contributed by atoms with van der Waals surface area (Å²) in [5.41, 5.74) is 12.0. The standard InChI is InChI=1S/C13H18N2O4/c14-10(7-6-9-4-2-1-3-5-9)13(18)19-8-11(15)12(16)17/h1-5,10-11H,6-8,14-15H2,(H,16,17)/t10?,11-/m0/s1. The van der Waals surface area contributed by atoms with E-state index in [0.717, 1.165) is 5.56 Å². The van der Waals surface area contributed by atoms with Gasteiger partial charge in [-0.25, -0.2) is 0 Å². The van der Waals surface area contributed by atoms with Crippen LogP contribution in [-0.2, 0) is 20.7 Å². The molecule has 104 valence electrons. The zero-order chi connectivity index (χ0) is 14.3. The molecule has 0 aliphatic carbocycles. The van der Waals surface area contributed by atoms with Crippen molar-refractivity contribution in [2.45, 2.75) is 24.9 Å². The van der Waals surface area contributed by atoms with E-state index in [1.54, 1.807) is 0 Å². The maximum absolute atomic E-state index is 11.5. The molecule has 0 fully saturated rings. The zero-order valence-electron chi connectivity index (χ0n) is 10.5. The second-order valence-corrected chi connectivity index (χ2v) is 4.21. The molecule has 1 rings (SSSR count). The molecule has 0 saturated carbocycles. The van der Waals surface area contributed by atoms with Crippen LogP contribution in [0.1, 0.15) is 12.0 Å². The zero-order valence-corrected chi connectivity index (χ0v) is 10.5. The van der Waals surface area contributed by atoms with E-state index in [1.807, 2.05) is 30.3 Å². The Morgan fingerprint density at radius 3 is 2.37 bits per heavy atom. The smallest absolute Gasteiger partial charge is 0.324 e. The summed E-state index contributed by atoms with van der Waals surface area (Å²) in [6.45, 7) is -0.368. The summed E-state index contributed by atoms with van der Waals surface area (Å²) in [5, 5.41) is 8.54. The van der Waals surface area contributed by atoms with Crippen LogP contribution in [-0.4, -0.2) is 35.7 Å². The number of carbonyl (C=O) groups excluding carboxylic acids is 1. The van der Waals surface area contributed by atoms with Gasteiger partial charge < -0.3 is 21.3 Å². The minimum absolute atomic E-state index is 0.368. The van der Waals surface area contributed by atoms with Crippen molar-refractivity contribution >= 4 is 11.9 Å². The summed E-state index contributed by atoms with van der Waals surface area (Å²) in [6.07, 6.45) is 1.09. The predicted molar refractivity (Wildman–Crippen MR) is 69.3 cm³/mol. The normalized spacial score (nSPS) is 13.6. The van der Waals surface area contributed by atoms with E-state index < -0.39 is 24.0 Å². The molecule has 0 aromatic heterocycles. The number of ether oxygens (including phenoxy) is 1. The molecule has 5 N–H and O–H groups in total. The van der Waals surface area contributed by atoms with Gasteiger partial charge in [-0.15, -0.1) is 0 Å². The molecule has 0 aliphatic rings. The second kappa shape index (κ2) is 7.50. The highest BCUT2D eigenvalue weighted by atomic mass is 16.5. The van der Waals surface area contributed by atoms with Crippen molar-refractivity contribution in [3.8, 4) is 0 Å². The summed E-state index contributed by atoms with van der Waals surface area (Å²) in [6, 6.07) is 7.62. The fraction of sp³-hybridized carbons (Fsp3) is 0.385. The molecule has 0 heterocycles. The molecule has 1 aromatic rings. The van der Waals surface area contributed by atoms with E-state index in [-0.39, 0.29) is 6.61 Å². The SMILES string of the molecule is NC(CCc1ccccc1)C(=O)OC[C@H](N)C(=O)O. The van der Waals surface area contributed by atoms with Crippen LogP contribution in [0.4, 0.5) is 0 Å². The molecule has 1 unspecified atom stereocenters. The van der Waals surface area contributed by atoms with Crippen molar-refractivity contribution in [2.24, 2.45) is 11.5 Å². The third kappa shape index (κ3) is 5.50. The Labute approximate surface area is 111 Å². The van der Waals surface area contributed by atoms with Gasteiger partial charge in [0.15, 0.2) is 0 Å². The molecule has 6 heteroatoms. The largest absolute Gasteiger partial charge is 0.480 e. The Bertz CT molecular complexity index is 422. The highest BCUT2D eigenvalue weighted by Crippen LogP contribution is 2.05. The minimum Gasteiger partial charge on any atom is -0.480 e. The van der Waals surface area contributed by atoms with Crippen LogP contribution >= 0.6 is 0 Å². The minimum atomic E-state index is -1.22. The number of aryl methyl sites for hydroxylation is 1. The number of nitrogens with two attached hydrogens (primary N) is 2. The molecule has 0 amide bonds. The van der Waals surface area contributed by atoms with E-state index in [9.17, 15) is 9.59 Å². The van der Waals surface area contributed by atoms with Crippen LogP contribution < -0.4 is 11.5 Å². The molecule has 0 aliphatic heterocycles. The summed E-state index contributed by atoms with van der Waals surface area (Å²) in [5.74, 6) is -1.85. The van der Waals surface area contributed by atoms with Crippen molar-refractivity contribution in [3.05, 3.63) is 35.9 Å². The summed E-state index contributed by atoms with van der Waals surface area (Å²) < 4.78 is 4.75. The first-order valence-electron chi connectivity index (χ1n) is 5.95. The molecule has 0 spiro atoms. The number of aliphatic carboxylic acids is 1. The van der Waals surface area contributed by atoms with Crippen LogP contribution in [0.3, 0.4) is 0 Å². The van der Waals surface area contributed by atoms with Crippen molar-refractivity contribution in [1.29, 1.82) is 0 Å². The van der Waals surface area contributed by atoms with E-state index in [0.29, 0.717) is 12.8 Å². The molecule has 1 aromatic carbocycles. The summed E-state index contributed by atoms with van der Waals surface area (Å²) in [4.78, 5) is 21.9. The number of esters is 1. The predicted octanol–water partition coefficient (Wildman–Crippen LogP) is -0.0984. The lowest BCUT2D eigenvalue weighted by atomic mass is 10.1. The topological polar surface area (TPSA) is 116 Å². The average Bonchev–Trinajstić information content (AvgIpc) is 2.42. The van der Waals surface area contributed by atoms with Crippen LogP contribution in [0.25, 0.3) is 0 Å². The Morgan fingerprint density at radius 1 is 1.16 bits per heavy atom. The fourth-order valence-corrected chi connectivity index (χ4v) is 1.43. The van der Waals surface area contributed by atoms with E-state index in [4.69, 9.17) is 21.3 Å². The molecular formula is C13H18N2O4. The lowest BCUT2D eigenvalue weighted by Gasteiger charge is -2.13. The van der Waals surface area contributed by atoms with E-state index in [1.165, 1.54) is 0 Å². The van der Waals surface area contributed by atoms with Crippen LogP contribution in [0, 0.1) is 0 Å². The maximum Gasteiger partial charge on any atom is 0.324 e. The van der Waals surface area contributed by atoms with Gasteiger partial charge in [0.1, 0.15) is 18.7 Å². The first kappa shape index (κ1) is 15.1. The number of hydrogen-bond acceptors (Lipinski definition) is 5. The molecular weight excluding hydrogens is 248 g/mol. The number of carboxylic acid groups (broad SMARTS) is 1. The number of rotatable bonds is 7. The van der Waals surface area contributed by atoms with Gasteiger partial charge in [-0.1, -0.05) is 30.3 Å². The van der Waals surface area contributed by atoms with Gasteiger partial charge in [-0.2, -0.15) is 0 Å². The van der Waals surface area contributed by atoms with Gasteiger partial charge in [0.05, 0.1) is 0 Å². The van der Waals surface area contributed by atoms with Crippen molar-refractivity contribution in [1.82, 2.24) is 0 Å². The number of hydrogen-bond donors (Lipinski definition) is 3. The van der Waals surface area contributed by atoms with Gasteiger partial charge in [0.25, 0.3) is 0 Å². The Kier molecular flexibility index (Phi) is 5.98. The quantitative estimate of drug-likeness (QED) is 0.594. The number of carbonyl (C=O) groups is 2. The van der Waals surface area contributed by atoms with E-state index >= 15 is 0 Å². The maximum atomic E-state index is 11.5. The molecule has 0 bridgehead atoms. The Morgan fingerprint density at radius 2 is 1.79 bits per heavy atom. The highest BCUT2D eigenvalue weighted by Gasteiger charge is 2.18. The highest BCUT2D eigenvalue weighted by molar-refractivity contribution is 5.77. The third-order valence-electron chi connectivity index (χ3n) is 2.61. The monoisotopic (exact) mass is 266 g/mol. The Balaban J connectivity index is 2.31.